The molecule has 1 atom stereocenters. The number of benzene rings is 1. The number of imidazole rings is 1. The van der Waals surface area contributed by atoms with E-state index in [2.05, 4.69) is 25.6 Å². The molecule has 1 aliphatic rings. The molecule has 1 aromatic carbocycles. The highest BCUT2D eigenvalue weighted by Crippen LogP contribution is 2.24. The normalized spacial score (nSPS) is 16.7. The molecule has 26 heavy (non-hydrogen) atoms. The van der Waals surface area contributed by atoms with Crippen molar-refractivity contribution >= 4 is 34.3 Å². The van der Waals surface area contributed by atoms with Crippen LogP contribution < -0.4 is 10.6 Å². The Morgan fingerprint density at radius 1 is 1.31 bits per heavy atom. The average Bonchev–Trinajstić information content (AvgIpc) is 3.26. The number of nitrogens with zero attached hydrogens (tertiary/aromatic N) is 4. The Morgan fingerprint density at radius 2 is 2.19 bits per heavy atom. The van der Waals surface area contributed by atoms with Crippen LogP contribution in [0.1, 0.15) is 19.8 Å². The molecule has 2 N–H and O–H groups in total. The average molecular weight is 352 g/mol. The predicted octanol–water partition coefficient (Wildman–Crippen LogP) is 2.71. The van der Waals surface area contributed by atoms with Gasteiger partial charge in [-0.2, -0.15) is 0 Å². The molecule has 3 aromatic rings. The van der Waals surface area contributed by atoms with Gasteiger partial charge in [0, 0.05) is 24.9 Å². The summed E-state index contributed by atoms with van der Waals surface area (Å²) in [6.07, 6.45) is 5.68. The number of anilines is 3. The van der Waals surface area contributed by atoms with Crippen molar-refractivity contribution in [1.82, 2.24) is 19.5 Å². The molecule has 2 aromatic heterocycles. The fraction of sp³-hybridized carbons (Fsp3) is 0.333. The first-order valence-corrected chi connectivity index (χ1v) is 8.61. The van der Waals surface area contributed by atoms with Gasteiger partial charge in [0.1, 0.15) is 6.33 Å². The van der Waals surface area contributed by atoms with Crippen LogP contribution in [0, 0.1) is 0 Å². The summed E-state index contributed by atoms with van der Waals surface area (Å²) in [6.45, 7) is 3.05. The summed E-state index contributed by atoms with van der Waals surface area (Å²) < 4.78 is 7.71. The first-order chi connectivity index (χ1) is 12.7. The Labute approximate surface area is 150 Å². The van der Waals surface area contributed by atoms with Crippen molar-refractivity contribution in [2.75, 3.05) is 17.2 Å². The number of nitrogens with one attached hydrogen (secondary N) is 2. The molecule has 0 aliphatic carbocycles. The third kappa shape index (κ3) is 3.50. The molecule has 1 fully saturated rings. The summed E-state index contributed by atoms with van der Waals surface area (Å²) in [5.74, 6) is 0.514. The molecule has 0 spiro atoms. The van der Waals surface area contributed by atoms with E-state index in [0.717, 1.165) is 43.0 Å². The van der Waals surface area contributed by atoms with Gasteiger partial charge in [-0.05, 0) is 31.0 Å². The van der Waals surface area contributed by atoms with Gasteiger partial charge >= 0.3 is 0 Å². The zero-order valence-electron chi connectivity index (χ0n) is 14.5. The number of ether oxygens (including phenoxy) is 1. The van der Waals surface area contributed by atoms with Gasteiger partial charge in [-0.25, -0.2) is 15.0 Å². The topological polar surface area (TPSA) is 94.0 Å². The zero-order valence-corrected chi connectivity index (χ0v) is 14.5. The molecule has 0 bridgehead atoms. The summed E-state index contributed by atoms with van der Waals surface area (Å²) in [5, 5.41) is 6.03. The maximum atomic E-state index is 11.2. The maximum Gasteiger partial charge on any atom is 0.221 e. The van der Waals surface area contributed by atoms with E-state index >= 15 is 0 Å². The number of fused-ring (bicyclic) bond motifs is 1. The van der Waals surface area contributed by atoms with Gasteiger partial charge in [0.2, 0.25) is 5.91 Å². The van der Waals surface area contributed by atoms with Crippen LogP contribution in [0.3, 0.4) is 0 Å². The molecule has 4 rings (SSSR count). The number of hydrogen-bond donors (Lipinski definition) is 2. The lowest BCUT2D eigenvalue weighted by Gasteiger charge is -2.11. The van der Waals surface area contributed by atoms with Gasteiger partial charge in [0.15, 0.2) is 17.0 Å². The predicted molar refractivity (Wildman–Crippen MR) is 98.3 cm³/mol. The van der Waals surface area contributed by atoms with E-state index in [1.165, 1.54) is 13.3 Å². The highest BCUT2D eigenvalue weighted by atomic mass is 16.5. The molecule has 8 nitrogen and oxygen atoms in total. The van der Waals surface area contributed by atoms with Crippen LogP contribution >= 0.6 is 0 Å². The Bertz CT molecular complexity index is 932. The molecule has 1 aliphatic heterocycles. The third-order valence-corrected chi connectivity index (χ3v) is 4.27. The molecule has 134 valence electrons. The second-order valence-electron chi connectivity index (χ2n) is 6.31. The summed E-state index contributed by atoms with van der Waals surface area (Å²) in [7, 11) is 0. The van der Waals surface area contributed by atoms with Gasteiger partial charge in [0.25, 0.3) is 0 Å². The monoisotopic (exact) mass is 352 g/mol. The van der Waals surface area contributed by atoms with E-state index in [1.807, 2.05) is 28.8 Å². The van der Waals surface area contributed by atoms with Gasteiger partial charge in [-0.15, -0.1) is 0 Å². The van der Waals surface area contributed by atoms with Crippen LogP contribution in [-0.4, -0.2) is 38.1 Å². The Morgan fingerprint density at radius 3 is 3.00 bits per heavy atom. The first kappa shape index (κ1) is 16.5. The smallest absolute Gasteiger partial charge is 0.221 e. The molecule has 1 unspecified atom stereocenters. The van der Waals surface area contributed by atoms with Gasteiger partial charge in [0.05, 0.1) is 19.0 Å². The number of amides is 1. The number of carbonyl (C=O) groups excluding carboxylic acids is 1. The van der Waals surface area contributed by atoms with Crippen LogP contribution in [0.15, 0.2) is 36.9 Å². The van der Waals surface area contributed by atoms with E-state index in [9.17, 15) is 4.79 Å². The second kappa shape index (κ2) is 7.09. The Kier molecular flexibility index (Phi) is 4.49. The SMILES string of the molecule is CC(=O)Nc1cccc(Nc2ncnc3c2ncn3CC2CCCO2)c1. The fourth-order valence-electron chi connectivity index (χ4n) is 3.13. The number of hydrogen-bond acceptors (Lipinski definition) is 6. The zero-order chi connectivity index (χ0) is 17.9. The van der Waals surface area contributed by atoms with E-state index in [4.69, 9.17) is 4.74 Å². The summed E-state index contributed by atoms with van der Waals surface area (Å²) in [5.41, 5.74) is 3.01. The van der Waals surface area contributed by atoms with Crippen LogP contribution in [-0.2, 0) is 16.1 Å². The molecular weight excluding hydrogens is 332 g/mol. The van der Waals surface area contributed by atoms with Crippen LogP contribution in [0.4, 0.5) is 17.2 Å². The summed E-state index contributed by atoms with van der Waals surface area (Å²) in [4.78, 5) is 24.4. The molecule has 1 saturated heterocycles. The fourth-order valence-corrected chi connectivity index (χ4v) is 3.13. The van der Waals surface area contributed by atoms with Crippen molar-refractivity contribution < 1.29 is 9.53 Å². The number of aromatic nitrogens is 4. The Hall–Kier alpha value is -3.00. The molecular formula is C18H20N6O2. The van der Waals surface area contributed by atoms with Crippen molar-refractivity contribution in [2.45, 2.75) is 32.4 Å². The lowest BCUT2D eigenvalue weighted by molar-refractivity contribution is -0.114. The van der Waals surface area contributed by atoms with Gasteiger partial charge in [-0.3, -0.25) is 4.79 Å². The van der Waals surface area contributed by atoms with Crippen molar-refractivity contribution in [3.63, 3.8) is 0 Å². The van der Waals surface area contributed by atoms with E-state index in [-0.39, 0.29) is 12.0 Å². The van der Waals surface area contributed by atoms with Crippen molar-refractivity contribution in [2.24, 2.45) is 0 Å². The Balaban J connectivity index is 1.59. The molecule has 8 heteroatoms. The third-order valence-electron chi connectivity index (χ3n) is 4.27. The maximum absolute atomic E-state index is 11.2. The van der Waals surface area contributed by atoms with Gasteiger partial charge in [-0.1, -0.05) is 6.07 Å². The highest BCUT2D eigenvalue weighted by molar-refractivity contribution is 5.90. The van der Waals surface area contributed by atoms with E-state index in [0.29, 0.717) is 11.3 Å². The largest absolute Gasteiger partial charge is 0.376 e. The van der Waals surface area contributed by atoms with Crippen molar-refractivity contribution in [1.29, 1.82) is 0 Å². The minimum absolute atomic E-state index is 0.112. The lowest BCUT2D eigenvalue weighted by Crippen LogP contribution is -2.14. The quantitative estimate of drug-likeness (QED) is 0.733. The van der Waals surface area contributed by atoms with Gasteiger partial charge < -0.3 is 19.9 Å². The highest BCUT2D eigenvalue weighted by Gasteiger charge is 2.18. The molecule has 3 heterocycles. The molecule has 1 amide bonds. The number of rotatable bonds is 5. The van der Waals surface area contributed by atoms with Crippen molar-refractivity contribution in [3.8, 4) is 0 Å². The van der Waals surface area contributed by atoms with Crippen LogP contribution in [0.5, 0.6) is 0 Å². The minimum Gasteiger partial charge on any atom is -0.376 e. The van der Waals surface area contributed by atoms with Crippen molar-refractivity contribution in [3.05, 3.63) is 36.9 Å². The minimum atomic E-state index is -0.112. The van der Waals surface area contributed by atoms with Crippen LogP contribution in [0.2, 0.25) is 0 Å². The second-order valence-corrected chi connectivity index (χ2v) is 6.31. The summed E-state index contributed by atoms with van der Waals surface area (Å²) in [6, 6.07) is 7.45. The van der Waals surface area contributed by atoms with E-state index in [1.54, 1.807) is 6.33 Å². The molecule has 0 radical (unpaired) electrons. The standard InChI is InChI=1S/C18H20N6O2/c1-12(25)22-13-4-2-5-14(8-13)23-17-16-18(20-10-19-17)24(11-21-16)9-15-6-3-7-26-15/h2,4-5,8,10-11,15H,3,6-7,9H2,1H3,(H,22,25)(H,19,20,23). The lowest BCUT2D eigenvalue weighted by atomic mass is 10.2. The first-order valence-electron chi connectivity index (χ1n) is 8.61. The summed E-state index contributed by atoms with van der Waals surface area (Å²) >= 11 is 0. The number of carbonyl (C=O) groups is 1. The van der Waals surface area contributed by atoms with E-state index < -0.39 is 0 Å². The molecule has 0 saturated carbocycles. The van der Waals surface area contributed by atoms with Crippen LogP contribution in [0.25, 0.3) is 11.2 Å².